The SMILES string of the molecule is CCC1C(=O)NC(=O)CN1C(=O)NC(C(=O)O)C(C)(C)C. The van der Waals surface area contributed by atoms with Gasteiger partial charge < -0.3 is 15.3 Å². The van der Waals surface area contributed by atoms with Gasteiger partial charge in [0.25, 0.3) is 0 Å². The molecule has 0 aromatic heterocycles. The van der Waals surface area contributed by atoms with Crippen molar-refractivity contribution < 1.29 is 24.3 Å². The van der Waals surface area contributed by atoms with Gasteiger partial charge in [-0.3, -0.25) is 14.9 Å². The maximum atomic E-state index is 12.2. The Hall–Kier alpha value is -2.12. The number of rotatable bonds is 3. The van der Waals surface area contributed by atoms with E-state index in [1.807, 2.05) is 0 Å². The topological polar surface area (TPSA) is 116 Å². The Morgan fingerprint density at radius 2 is 2.00 bits per heavy atom. The highest BCUT2D eigenvalue weighted by Gasteiger charge is 2.39. The number of carboxylic acid groups (broad SMARTS) is 1. The molecule has 1 rings (SSSR count). The minimum absolute atomic E-state index is 0.271. The van der Waals surface area contributed by atoms with Crippen LogP contribution in [0, 0.1) is 5.41 Å². The maximum Gasteiger partial charge on any atom is 0.326 e. The zero-order valence-electron chi connectivity index (χ0n) is 12.6. The highest BCUT2D eigenvalue weighted by molar-refractivity contribution is 6.04. The Kier molecular flexibility index (Phi) is 4.93. The molecule has 2 atom stereocenters. The number of carboxylic acids is 1. The summed E-state index contributed by atoms with van der Waals surface area (Å²) in [7, 11) is 0. The number of hydrogen-bond acceptors (Lipinski definition) is 4. The quantitative estimate of drug-likeness (QED) is 0.631. The van der Waals surface area contributed by atoms with Crippen LogP contribution in [0.5, 0.6) is 0 Å². The summed E-state index contributed by atoms with van der Waals surface area (Å²) >= 11 is 0. The Labute approximate surface area is 122 Å². The van der Waals surface area contributed by atoms with Crippen molar-refractivity contribution >= 4 is 23.8 Å². The Morgan fingerprint density at radius 1 is 1.43 bits per heavy atom. The molecular weight excluding hydrogens is 278 g/mol. The number of imide groups is 1. The van der Waals surface area contributed by atoms with Crippen LogP contribution in [0.3, 0.4) is 0 Å². The molecule has 1 saturated heterocycles. The number of nitrogens with one attached hydrogen (secondary N) is 2. The molecule has 0 aliphatic carbocycles. The molecule has 8 nitrogen and oxygen atoms in total. The van der Waals surface area contributed by atoms with Crippen molar-refractivity contribution in [1.29, 1.82) is 0 Å². The average Bonchev–Trinajstić information content (AvgIpc) is 2.32. The number of piperazine rings is 1. The lowest BCUT2D eigenvalue weighted by Gasteiger charge is -2.36. The second-order valence-electron chi connectivity index (χ2n) is 6.05. The number of hydrogen-bond donors (Lipinski definition) is 3. The molecule has 0 bridgehead atoms. The lowest BCUT2D eigenvalue weighted by molar-refractivity contribution is -0.142. The number of nitrogens with zero attached hydrogens (tertiary/aromatic N) is 1. The van der Waals surface area contributed by atoms with E-state index >= 15 is 0 Å². The van der Waals surface area contributed by atoms with Gasteiger partial charge in [0, 0.05) is 0 Å². The summed E-state index contributed by atoms with van der Waals surface area (Å²) in [6.45, 7) is 6.47. The van der Waals surface area contributed by atoms with Crippen molar-refractivity contribution in [2.75, 3.05) is 6.54 Å². The predicted octanol–water partition coefficient (Wildman–Crippen LogP) is -0.0677. The normalized spacial score (nSPS) is 20.8. The largest absolute Gasteiger partial charge is 0.480 e. The van der Waals surface area contributed by atoms with Gasteiger partial charge in [-0.2, -0.15) is 0 Å². The molecule has 1 aliphatic heterocycles. The third-order valence-electron chi connectivity index (χ3n) is 3.28. The number of aliphatic carboxylic acids is 1. The fourth-order valence-corrected chi connectivity index (χ4v) is 2.14. The first kappa shape index (κ1) is 16.9. The smallest absolute Gasteiger partial charge is 0.326 e. The van der Waals surface area contributed by atoms with Gasteiger partial charge in [-0.15, -0.1) is 0 Å². The molecular formula is C13H21N3O5. The van der Waals surface area contributed by atoms with Crippen LogP contribution in [0.4, 0.5) is 4.79 Å². The first-order valence-corrected chi connectivity index (χ1v) is 6.71. The molecule has 0 aromatic carbocycles. The zero-order valence-corrected chi connectivity index (χ0v) is 12.6. The minimum atomic E-state index is -1.17. The summed E-state index contributed by atoms with van der Waals surface area (Å²) < 4.78 is 0. The molecule has 1 heterocycles. The first-order valence-electron chi connectivity index (χ1n) is 6.71. The van der Waals surface area contributed by atoms with Crippen molar-refractivity contribution in [2.24, 2.45) is 5.41 Å². The lowest BCUT2D eigenvalue weighted by Crippen LogP contribution is -2.63. The van der Waals surface area contributed by atoms with Gasteiger partial charge in [-0.25, -0.2) is 9.59 Å². The molecule has 21 heavy (non-hydrogen) atoms. The van der Waals surface area contributed by atoms with Gasteiger partial charge >= 0.3 is 12.0 Å². The van der Waals surface area contributed by atoms with Gasteiger partial charge in [-0.05, 0) is 11.8 Å². The molecule has 1 aliphatic rings. The Bertz CT molecular complexity index is 469. The van der Waals surface area contributed by atoms with E-state index in [9.17, 15) is 24.3 Å². The van der Waals surface area contributed by atoms with Crippen LogP contribution in [0.1, 0.15) is 34.1 Å². The van der Waals surface area contributed by atoms with Crippen LogP contribution in [-0.4, -0.2) is 52.4 Å². The van der Waals surface area contributed by atoms with E-state index in [-0.39, 0.29) is 6.54 Å². The third-order valence-corrected chi connectivity index (χ3v) is 3.28. The molecule has 8 heteroatoms. The van der Waals surface area contributed by atoms with Crippen LogP contribution in [-0.2, 0) is 14.4 Å². The van der Waals surface area contributed by atoms with Crippen molar-refractivity contribution in [1.82, 2.24) is 15.5 Å². The number of amides is 4. The third kappa shape index (κ3) is 3.93. The number of urea groups is 1. The first-order chi connectivity index (χ1) is 9.57. The lowest BCUT2D eigenvalue weighted by atomic mass is 9.87. The predicted molar refractivity (Wildman–Crippen MR) is 73.3 cm³/mol. The van der Waals surface area contributed by atoms with Crippen LogP contribution < -0.4 is 10.6 Å². The van der Waals surface area contributed by atoms with Crippen LogP contribution >= 0.6 is 0 Å². The summed E-state index contributed by atoms with van der Waals surface area (Å²) in [5, 5.41) is 13.7. The average molecular weight is 299 g/mol. The molecule has 4 amide bonds. The molecule has 0 aromatic rings. The maximum absolute atomic E-state index is 12.2. The summed E-state index contributed by atoms with van der Waals surface area (Å²) in [6, 6.07) is -2.63. The van der Waals surface area contributed by atoms with E-state index in [1.165, 1.54) is 0 Å². The van der Waals surface area contributed by atoms with E-state index in [0.29, 0.717) is 6.42 Å². The Morgan fingerprint density at radius 3 is 2.43 bits per heavy atom. The van der Waals surface area contributed by atoms with Crippen molar-refractivity contribution in [3.8, 4) is 0 Å². The van der Waals surface area contributed by atoms with Crippen LogP contribution in [0.2, 0.25) is 0 Å². The molecule has 3 N–H and O–H groups in total. The molecule has 0 saturated carbocycles. The second-order valence-corrected chi connectivity index (χ2v) is 6.05. The number of carbonyl (C=O) groups is 4. The highest BCUT2D eigenvalue weighted by Crippen LogP contribution is 2.20. The summed E-state index contributed by atoms with van der Waals surface area (Å²) in [4.78, 5) is 47.7. The van der Waals surface area contributed by atoms with E-state index in [2.05, 4.69) is 10.6 Å². The minimum Gasteiger partial charge on any atom is -0.480 e. The molecule has 0 spiro atoms. The fraction of sp³-hybridized carbons (Fsp3) is 0.692. The molecule has 1 fully saturated rings. The van der Waals surface area contributed by atoms with Gasteiger partial charge in [0.1, 0.15) is 18.6 Å². The van der Waals surface area contributed by atoms with Crippen molar-refractivity contribution in [2.45, 2.75) is 46.2 Å². The second kappa shape index (κ2) is 6.11. The van der Waals surface area contributed by atoms with Crippen LogP contribution in [0.15, 0.2) is 0 Å². The van der Waals surface area contributed by atoms with Gasteiger partial charge in [0.15, 0.2) is 0 Å². The van der Waals surface area contributed by atoms with Crippen molar-refractivity contribution in [3.05, 3.63) is 0 Å². The number of carbonyl (C=O) groups excluding carboxylic acids is 3. The Balaban J connectivity index is 2.92. The highest BCUT2D eigenvalue weighted by atomic mass is 16.4. The summed E-state index contributed by atoms with van der Waals surface area (Å²) in [6.07, 6.45) is 0.333. The van der Waals surface area contributed by atoms with E-state index in [1.54, 1.807) is 27.7 Å². The van der Waals surface area contributed by atoms with Crippen LogP contribution in [0.25, 0.3) is 0 Å². The molecule has 0 radical (unpaired) electrons. The standard InChI is InChI=1S/C13H21N3O5/c1-5-7-10(18)14-8(17)6-16(7)12(21)15-9(11(19)20)13(2,3)4/h7,9H,5-6H2,1-4H3,(H,15,21)(H,19,20)(H,14,17,18). The van der Waals surface area contributed by atoms with Gasteiger partial charge in [-0.1, -0.05) is 27.7 Å². The van der Waals surface area contributed by atoms with E-state index in [0.717, 1.165) is 4.90 Å². The van der Waals surface area contributed by atoms with Crippen molar-refractivity contribution in [3.63, 3.8) is 0 Å². The van der Waals surface area contributed by atoms with E-state index in [4.69, 9.17) is 0 Å². The van der Waals surface area contributed by atoms with E-state index < -0.39 is 41.3 Å². The van der Waals surface area contributed by atoms with Gasteiger partial charge in [0.05, 0.1) is 0 Å². The summed E-state index contributed by atoms with van der Waals surface area (Å²) in [5.74, 6) is -2.30. The molecule has 2 unspecified atom stereocenters. The zero-order chi connectivity index (χ0) is 16.4. The van der Waals surface area contributed by atoms with Gasteiger partial charge in [0.2, 0.25) is 11.8 Å². The summed E-state index contributed by atoms with van der Waals surface area (Å²) in [5.41, 5.74) is -0.703. The fourth-order valence-electron chi connectivity index (χ4n) is 2.14. The monoisotopic (exact) mass is 299 g/mol. The molecule has 118 valence electrons.